The summed E-state index contributed by atoms with van der Waals surface area (Å²) in [6, 6.07) is 0.966. The van der Waals surface area contributed by atoms with E-state index in [4.69, 9.17) is 5.73 Å². The summed E-state index contributed by atoms with van der Waals surface area (Å²) >= 11 is 0. The van der Waals surface area contributed by atoms with Crippen molar-refractivity contribution in [3.8, 4) is 0 Å². The molecule has 1 aromatic heterocycles. The van der Waals surface area contributed by atoms with E-state index in [0.717, 1.165) is 19.3 Å². The minimum absolute atomic E-state index is 0.0479. The molecular formula is C27H42N6O5. The molecule has 5 amide bonds. The predicted molar refractivity (Wildman–Crippen MR) is 142 cm³/mol. The van der Waals surface area contributed by atoms with Gasteiger partial charge in [-0.15, -0.1) is 0 Å². The third kappa shape index (κ3) is 9.75. The van der Waals surface area contributed by atoms with E-state index in [2.05, 4.69) is 20.9 Å². The lowest BCUT2D eigenvalue weighted by Crippen LogP contribution is -2.59. The molecule has 0 saturated heterocycles. The summed E-state index contributed by atoms with van der Waals surface area (Å²) in [7, 11) is 0. The van der Waals surface area contributed by atoms with Crippen LogP contribution in [-0.4, -0.2) is 63.6 Å². The van der Waals surface area contributed by atoms with Gasteiger partial charge in [-0.3, -0.25) is 24.2 Å². The predicted octanol–water partition coefficient (Wildman–Crippen LogP) is 1.65. The third-order valence-corrected chi connectivity index (χ3v) is 6.31. The van der Waals surface area contributed by atoms with Crippen molar-refractivity contribution in [2.45, 2.75) is 91.4 Å². The number of amides is 5. The lowest BCUT2D eigenvalue weighted by atomic mass is 9.80. The Morgan fingerprint density at radius 2 is 1.74 bits per heavy atom. The lowest BCUT2D eigenvalue weighted by Gasteiger charge is -2.36. The SMILES string of the molecule is CC(C)(C)NC(=O)N[C@H](C(=O)N(CC(=O)NC(CC1CCC1)C(=O)C(N)=O)Cc1cccnc1)C(C)(C)C. The zero-order chi connectivity index (χ0) is 28.7. The van der Waals surface area contributed by atoms with Gasteiger partial charge in [0.2, 0.25) is 17.6 Å². The van der Waals surface area contributed by atoms with Gasteiger partial charge in [-0.05, 0) is 50.2 Å². The van der Waals surface area contributed by atoms with Gasteiger partial charge in [0.05, 0.1) is 12.6 Å². The van der Waals surface area contributed by atoms with Gasteiger partial charge in [0, 0.05) is 24.5 Å². The molecule has 0 aliphatic heterocycles. The molecule has 2 rings (SSSR count). The molecule has 11 nitrogen and oxygen atoms in total. The Morgan fingerprint density at radius 1 is 1.08 bits per heavy atom. The maximum atomic E-state index is 13.8. The highest BCUT2D eigenvalue weighted by atomic mass is 16.2. The van der Waals surface area contributed by atoms with E-state index in [-0.39, 0.29) is 12.5 Å². The fraction of sp³-hybridized carbons (Fsp3) is 0.630. The van der Waals surface area contributed by atoms with Gasteiger partial charge in [0.25, 0.3) is 5.91 Å². The summed E-state index contributed by atoms with van der Waals surface area (Å²) in [5, 5.41) is 8.18. The molecule has 0 aromatic carbocycles. The van der Waals surface area contributed by atoms with Crippen molar-refractivity contribution in [2.75, 3.05) is 6.54 Å². The van der Waals surface area contributed by atoms with Crippen molar-refractivity contribution < 1.29 is 24.0 Å². The first-order chi connectivity index (χ1) is 17.6. The van der Waals surface area contributed by atoms with E-state index < -0.39 is 59.1 Å². The summed E-state index contributed by atoms with van der Waals surface area (Å²) in [6.45, 7) is 10.6. The fourth-order valence-corrected chi connectivity index (χ4v) is 4.14. The summed E-state index contributed by atoms with van der Waals surface area (Å²) in [5.74, 6) is -2.82. The first kappa shape index (κ1) is 30.7. The summed E-state index contributed by atoms with van der Waals surface area (Å²) in [6.07, 6.45) is 6.37. The second-order valence-electron chi connectivity index (χ2n) is 12.1. The number of ketones is 1. The Labute approximate surface area is 224 Å². The van der Waals surface area contributed by atoms with Crippen molar-refractivity contribution in [3.63, 3.8) is 0 Å². The van der Waals surface area contributed by atoms with Crippen LogP contribution in [0.25, 0.3) is 0 Å². The zero-order valence-electron chi connectivity index (χ0n) is 23.3. The number of primary amides is 1. The molecule has 2 atom stereocenters. The molecule has 1 unspecified atom stereocenters. The topological polar surface area (TPSA) is 164 Å². The third-order valence-electron chi connectivity index (χ3n) is 6.31. The Morgan fingerprint density at radius 3 is 2.21 bits per heavy atom. The Bertz CT molecular complexity index is 1010. The second kappa shape index (κ2) is 12.8. The molecule has 0 bridgehead atoms. The minimum Gasteiger partial charge on any atom is -0.363 e. The van der Waals surface area contributed by atoms with Crippen LogP contribution in [0, 0.1) is 11.3 Å². The van der Waals surface area contributed by atoms with Gasteiger partial charge >= 0.3 is 6.03 Å². The van der Waals surface area contributed by atoms with Crippen LogP contribution in [0.15, 0.2) is 24.5 Å². The van der Waals surface area contributed by atoms with Crippen LogP contribution in [0.4, 0.5) is 4.79 Å². The Balaban J connectivity index is 2.28. The number of rotatable bonds is 11. The first-order valence-corrected chi connectivity index (χ1v) is 13.0. The van der Waals surface area contributed by atoms with Gasteiger partial charge in [-0.25, -0.2) is 4.79 Å². The van der Waals surface area contributed by atoms with Gasteiger partial charge in [-0.1, -0.05) is 46.1 Å². The van der Waals surface area contributed by atoms with Crippen LogP contribution in [-0.2, 0) is 25.7 Å². The maximum absolute atomic E-state index is 13.8. The average molecular weight is 531 g/mol. The monoisotopic (exact) mass is 530 g/mol. The van der Waals surface area contributed by atoms with Crippen molar-refractivity contribution in [3.05, 3.63) is 30.1 Å². The van der Waals surface area contributed by atoms with Gasteiger partial charge in [-0.2, -0.15) is 0 Å². The van der Waals surface area contributed by atoms with Crippen LogP contribution in [0.3, 0.4) is 0 Å². The van der Waals surface area contributed by atoms with E-state index in [9.17, 15) is 24.0 Å². The molecular weight excluding hydrogens is 488 g/mol. The van der Waals surface area contributed by atoms with Crippen LogP contribution < -0.4 is 21.7 Å². The quantitative estimate of drug-likeness (QED) is 0.318. The van der Waals surface area contributed by atoms with Gasteiger partial charge < -0.3 is 26.6 Å². The number of pyridine rings is 1. The molecule has 1 aromatic rings. The number of nitrogens with one attached hydrogen (secondary N) is 3. The minimum atomic E-state index is -1.11. The molecule has 0 radical (unpaired) electrons. The zero-order valence-corrected chi connectivity index (χ0v) is 23.3. The molecule has 1 heterocycles. The number of hydrogen-bond acceptors (Lipinski definition) is 6. The molecule has 210 valence electrons. The molecule has 11 heteroatoms. The van der Waals surface area contributed by atoms with Crippen molar-refractivity contribution >= 4 is 29.5 Å². The molecule has 1 aliphatic rings. The van der Waals surface area contributed by atoms with Gasteiger partial charge in [0.15, 0.2) is 0 Å². The number of nitrogens with zero attached hydrogens (tertiary/aromatic N) is 2. The Hall–Kier alpha value is -3.50. The van der Waals surface area contributed by atoms with E-state index in [0.29, 0.717) is 12.0 Å². The standard InChI is InChI=1S/C27H42N6O5/c1-26(2,3)22(31-25(38)32-27(4,5)6)24(37)33(15-18-11-8-12-29-14-18)16-20(34)30-19(21(35)23(28)36)13-17-9-7-10-17/h8,11-12,14,17,19,22H,7,9-10,13,15-16H2,1-6H3,(H2,28,36)(H,30,34)(H2,31,32,38)/t19?,22-/m1/s1. The largest absolute Gasteiger partial charge is 0.363 e. The fourth-order valence-electron chi connectivity index (χ4n) is 4.14. The number of aromatic nitrogens is 1. The van der Waals surface area contributed by atoms with E-state index >= 15 is 0 Å². The highest BCUT2D eigenvalue weighted by molar-refractivity contribution is 6.37. The highest BCUT2D eigenvalue weighted by Gasteiger charge is 2.37. The maximum Gasteiger partial charge on any atom is 0.315 e. The Kier molecular flexibility index (Phi) is 10.4. The summed E-state index contributed by atoms with van der Waals surface area (Å²) in [5.41, 5.74) is 4.69. The highest BCUT2D eigenvalue weighted by Crippen LogP contribution is 2.30. The number of urea groups is 1. The van der Waals surface area contributed by atoms with Crippen LogP contribution in [0.2, 0.25) is 0 Å². The van der Waals surface area contributed by atoms with E-state index in [1.54, 1.807) is 24.5 Å². The molecule has 1 saturated carbocycles. The number of Topliss-reactive ketones (excluding diaryl/α,β-unsaturated/α-hetero) is 1. The average Bonchev–Trinajstić information content (AvgIpc) is 2.76. The van der Waals surface area contributed by atoms with Crippen LogP contribution >= 0.6 is 0 Å². The number of nitrogens with two attached hydrogens (primary N) is 1. The van der Waals surface area contributed by atoms with E-state index in [1.807, 2.05) is 41.5 Å². The van der Waals surface area contributed by atoms with Crippen molar-refractivity contribution in [2.24, 2.45) is 17.1 Å². The molecule has 1 fully saturated rings. The molecule has 0 spiro atoms. The first-order valence-electron chi connectivity index (χ1n) is 13.0. The normalized spacial score (nSPS) is 15.4. The number of carbonyl (C=O) groups is 5. The summed E-state index contributed by atoms with van der Waals surface area (Å²) in [4.78, 5) is 69.0. The second-order valence-corrected chi connectivity index (χ2v) is 12.1. The van der Waals surface area contributed by atoms with E-state index in [1.165, 1.54) is 4.90 Å². The molecule has 38 heavy (non-hydrogen) atoms. The number of hydrogen-bond donors (Lipinski definition) is 4. The lowest BCUT2D eigenvalue weighted by molar-refractivity contribution is -0.142. The van der Waals surface area contributed by atoms with Crippen molar-refractivity contribution in [1.29, 1.82) is 0 Å². The smallest absolute Gasteiger partial charge is 0.315 e. The van der Waals surface area contributed by atoms with Crippen LogP contribution in [0.5, 0.6) is 0 Å². The molecule has 1 aliphatic carbocycles. The molecule has 5 N–H and O–H groups in total. The van der Waals surface area contributed by atoms with Crippen LogP contribution in [0.1, 0.15) is 72.8 Å². The summed E-state index contributed by atoms with van der Waals surface area (Å²) < 4.78 is 0. The number of carbonyl (C=O) groups excluding carboxylic acids is 5. The van der Waals surface area contributed by atoms with Gasteiger partial charge in [0.1, 0.15) is 6.04 Å². The van der Waals surface area contributed by atoms with Crippen molar-refractivity contribution in [1.82, 2.24) is 25.8 Å².